The Morgan fingerprint density at radius 2 is 1.07 bits per heavy atom. The van der Waals surface area contributed by atoms with Crippen LogP contribution in [0.1, 0.15) is 66.2 Å². The average Bonchev–Trinajstić information content (AvgIpc) is 3.45. The molecule has 0 spiro atoms. The predicted octanol–water partition coefficient (Wildman–Crippen LogP) is 9.94. The molecule has 0 amide bonds. The Balaban J connectivity index is 1.46. The van der Waals surface area contributed by atoms with E-state index in [1.807, 2.05) is 48.5 Å². The highest BCUT2D eigenvalue weighted by atomic mass is 16.5. The van der Waals surface area contributed by atoms with Crippen molar-refractivity contribution in [3.05, 3.63) is 128 Å². The molecule has 0 aliphatic heterocycles. The molecule has 4 aromatic carbocycles. The lowest BCUT2D eigenvalue weighted by Gasteiger charge is -2.17. The monoisotopic (exact) mass is 588 g/mol. The zero-order valence-corrected chi connectivity index (χ0v) is 26.8. The van der Waals surface area contributed by atoms with Crippen LogP contribution in [0.3, 0.4) is 0 Å². The zero-order valence-electron chi connectivity index (χ0n) is 26.8. The number of hydrogen-bond donors (Lipinski definition) is 1. The standard InChI is InChI=1S/C39H40O5/c1-22-15-23(2)27(6)34(26(22)5)19-42-32-13-9-11-30(17-32)36-21-44-38(39(40)41)37(36)31-12-10-14-33(18-31)43-20-35-28(7)24(3)16-25(4)29(35)8/h9-18,21H,19-20H2,1-8H3,(H,40,41). The highest BCUT2D eigenvalue weighted by molar-refractivity contribution is 5.99. The van der Waals surface area contributed by atoms with Crippen LogP contribution < -0.4 is 9.47 Å². The van der Waals surface area contributed by atoms with Crippen LogP contribution in [-0.2, 0) is 13.2 Å². The van der Waals surface area contributed by atoms with Crippen molar-refractivity contribution in [1.82, 2.24) is 0 Å². The maximum Gasteiger partial charge on any atom is 0.372 e. The third kappa shape index (κ3) is 6.00. The van der Waals surface area contributed by atoms with Crippen LogP contribution in [0.5, 0.6) is 11.5 Å². The first-order valence-electron chi connectivity index (χ1n) is 14.9. The van der Waals surface area contributed by atoms with Gasteiger partial charge in [0.2, 0.25) is 5.76 Å². The molecule has 0 radical (unpaired) electrons. The number of hydrogen-bond acceptors (Lipinski definition) is 4. The summed E-state index contributed by atoms with van der Waals surface area (Å²) in [6.07, 6.45) is 1.51. The number of benzene rings is 4. The molecule has 1 heterocycles. The molecule has 0 atom stereocenters. The number of furan rings is 1. The van der Waals surface area contributed by atoms with Crippen LogP contribution in [0.25, 0.3) is 22.3 Å². The maximum atomic E-state index is 12.3. The molecule has 5 nitrogen and oxygen atoms in total. The average molecular weight is 589 g/mol. The number of ether oxygens (including phenoxy) is 2. The van der Waals surface area contributed by atoms with Gasteiger partial charge in [-0.1, -0.05) is 36.4 Å². The number of aryl methyl sites for hydroxylation is 4. The first-order chi connectivity index (χ1) is 21.0. The summed E-state index contributed by atoms with van der Waals surface area (Å²) in [5.41, 5.74) is 14.9. The third-order valence-corrected chi connectivity index (χ3v) is 9.06. The van der Waals surface area contributed by atoms with E-state index in [0.717, 1.165) is 5.56 Å². The van der Waals surface area contributed by atoms with E-state index < -0.39 is 5.97 Å². The molecule has 5 aromatic rings. The van der Waals surface area contributed by atoms with Gasteiger partial charge in [0.25, 0.3) is 0 Å². The van der Waals surface area contributed by atoms with Gasteiger partial charge in [-0.3, -0.25) is 0 Å². The van der Waals surface area contributed by atoms with Crippen LogP contribution in [0.15, 0.2) is 71.3 Å². The lowest BCUT2D eigenvalue weighted by molar-refractivity contribution is 0.0663. The third-order valence-electron chi connectivity index (χ3n) is 9.06. The van der Waals surface area contributed by atoms with Crippen molar-refractivity contribution in [2.45, 2.75) is 68.6 Å². The van der Waals surface area contributed by atoms with Gasteiger partial charge in [-0.2, -0.15) is 0 Å². The van der Waals surface area contributed by atoms with Crippen LogP contribution in [0.2, 0.25) is 0 Å². The predicted molar refractivity (Wildman–Crippen MR) is 176 cm³/mol. The van der Waals surface area contributed by atoms with Gasteiger partial charge in [-0.25, -0.2) is 4.79 Å². The molecule has 0 unspecified atom stereocenters. The number of aromatic carboxylic acids is 1. The van der Waals surface area contributed by atoms with Crippen LogP contribution >= 0.6 is 0 Å². The molecular formula is C39H40O5. The van der Waals surface area contributed by atoms with Crippen molar-refractivity contribution >= 4 is 5.97 Å². The summed E-state index contributed by atoms with van der Waals surface area (Å²) in [6.45, 7) is 17.8. The second-order valence-corrected chi connectivity index (χ2v) is 11.8. The van der Waals surface area contributed by atoms with Gasteiger partial charge >= 0.3 is 5.97 Å². The molecule has 226 valence electrons. The number of carboxylic acid groups (broad SMARTS) is 1. The van der Waals surface area contributed by atoms with Crippen molar-refractivity contribution in [1.29, 1.82) is 0 Å². The van der Waals surface area contributed by atoms with Crippen LogP contribution in [0.4, 0.5) is 0 Å². The van der Waals surface area contributed by atoms with Crippen LogP contribution in [0, 0.1) is 55.4 Å². The van der Waals surface area contributed by atoms with Crippen molar-refractivity contribution in [3.8, 4) is 33.8 Å². The minimum atomic E-state index is -1.13. The Bertz CT molecular complexity index is 1820. The minimum absolute atomic E-state index is 0.119. The van der Waals surface area contributed by atoms with Gasteiger partial charge in [0.1, 0.15) is 31.0 Å². The van der Waals surface area contributed by atoms with Gasteiger partial charge in [0, 0.05) is 11.1 Å². The summed E-state index contributed by atoms with van der Waals surface area (Å²) >= 11 is 0. The highest BCUT2D eigenvalue weighted by Gasteiger charge is 2.23. The normalized spacial score (nSPS) is 11.1. The molecule has 0 fully saturated rings. The molecule has 5 rings (SSSR count). The fourth-order valence-corrected chi connectivity index (χ4v) is 5.85. The molecule has 1 N–H and O–H groups in total. The Kier molecular flexibility index (Phi) is 8.68. The zero-order chi connectivity index (χ0) is 31.7. The summed E-state index contributed by atoms with van der Waals surface area (Å²) in [5.74, 6) is 0.0964. The van der Waals surface area contributed by atoms with Crippen molar-refractivity contribution in [3.63, 3.8) is 0 Å². The summed E-state index contributed by atoms with van der Waals surface area (Å²) in [4.78, 5) is 12.3. The quantitative estimate of drug-likeness (QED) is 0.186. The van der Waals surface area contributed by atoms with Crippen molar-refractivity contribution in [2.24, 2.45) is 0 Å². The Labute approximate surface area is 260 Å². The molecular weight excluding hydrogens is 548 g/mol. The molecule has 0 saturated carbocycles. The van der Waals surface area contributed by atoms with Crippen molar-refractivity contribution < 1.29 is 23.8 Å². The minimum Gasteiger partial charge on any atom is -0.489 e. The van der Waals surface area contributed by atoms with Gasteiger partial charge in [-0.05, 0) is 146 Å². The fourth-order valence-electron chi connectivity index (χ4n) is 5.85. The van der Waals surface area contributed by atoms with E-state index in [9.17, 15) is 9.90 Å². The molecule has 0 bridgehead atoms. The molecule has 0 aliphatic carbocycles. The first kappa shape index (κ1) is 30.7. The highest BCUT2D eigenvalue weighted by Crippen LogP contribution is 2.39. The van der Waals surface area contributed by atoms with E-state index in [0.29, 0.717) is 41.4 Å². The topological polar surface area (TPSA) is 68.9 Å². The van der Waals surface area contributed by atoms with Gasteiger partial charge < -0.3 is 19.0 Å². The second kappa shape index (κ2) is 12.5. The SMILES string of the molecule is Cc1cc(C)c(C)c(COc2cccc(-c3coc(C(=O)O)c3-c3cccc(OCc4c(C)c(C)cc(C)c4C)c3)c2)c1C. The van der Waals surface area contributed by atoms with E-state index in [-0.39, 0.29) is 5.76 Å². The lowest BCUT2D eigenvalue weighted by Crippen LogP contribution is -2.04. The van der Waals surface area contributed by atoms with Crippen molar-refractivity contribution in [2.75, 3.05) is 0 Å². The van der Waals surface area contributed by atoms with E-state index in [2.05, 4.69) is 67.5 Å². The Morgan fingerprint density at radius 3 is 1.52 bits per heavy atom. The summed E-state index contributed by atoms with van der Waals surface area (Å²) in [5, 5.41) is 10.0. The fraction of sp³-hybridized carbons (Fsp3) is 0.256. The van der Waals surface area contributed by atoms with Gasteiger partial charge in [0.05, 0.1) is 0 Å². The lowest BCUT2D eigenvalue weighted by atomic mass is 9.94. The first-order valence-corrected chi connectivity index (χ1v) is 14.9. The number of carbonyl (C=O) groups is 1. The second-order valence-electron chi connectivity index (χ2n) is 11.8. The molecule has 0 aliphatic rings. The summed E-state index contributed by atoms with van der Waals surface area (Å²) in [6, 6.07) is 19.6. The van der Waals surface area contributed by atoms with E-state index in [4.69, 9.17) is 13.9 Å². The Morgan fingerprint density at radius 1 is 0.636 bits per heavy atom. The smallest absolute Gasteiger partial charge is 0.372 e. The van der Waals surface area contributed by atoms with Gasteiger partial charge in [-0.15, -0.1) is 0 Å². The number of carboxylic acids is 1. The molecule has 1 aromatic heterocycles. The van der Waals surface area contributed by atoms with E-state index in [1.54, 1.807) is 0 Å². The van der Waals surface area contributed by atoms with E-state index in [1.165, 1.54) is 61.9 Å². The molecule has 5 heteroatoms. The Hall–Kier alpha value is -4.77. The summed E-state index contributed by atoms with van der Waals surface area (Å²) in [7, 11) is 0. The largest absolute Gasteiger partial charge is 0.489 e. The maximum absolute atomic E-state index is 12.3. The summed E-state index contributed by atoms with van der Waals surface area (Å²) < 4.78 is 18.2. The molecule has 0 saturated heterocycles. The number of rotatable bonds is 9. The van der Waals surface area contributed by atoms with E-state index >= 15 is 0 Å². The van der Waals surface area contributed by atoms with Gasteiger partial charge in [0.15, 0.2) is 0 Å². The molecule has 44 heavy (non-hydrogen) atoms. The van der Waals surface area contributed by atoms with Crippen LogP contribution in [-0.4, -0.2) is 11.1 Å².